The van der Waals surface area contributed by atoms with Crippen molar-refractivity contribution in [3.8, 4) is 11.5 Å². The molecule has 2 bridgehead atoms. The Morgan fingerprint density at radius 3 is 2.83 bits per heavy atom. The summed E-state index contributed by atoms with van der Waals surface area (Å²) in [6.45, 7) is 4.39. The van der Waals surface area contributed by atoms with Gasteiger partial charge in [0.05, 0.1) is 6.26 Å². The van der Waals surface area contributed by atoms with Crippen LogP contribution in [0.4, 0.5) is 6.01 Å². The molecule has 3 aliphatic heterocycles. The van der Waals surface area contributed by atoms with E-state index < -0.39 is 0 Å². The molecule has 6 rings (SSSR count). The molecule has 3 aromatic rings. The molecular formula is C17H18N4O2. The molecule has 3 aliphatic rings. The van der Waals surface area contributed by atoms with Crippen molar-refractivity contribution >= 4 is 17.0 Å². The first-order valence-corrected chi connectivity index (χ1v) is 8.17. The van der Waals surface area contributed by atoms with Gasteiger partial charge in [0.2, 0.25) is 5.89 Å². The highest BCUT2D eigenvalue weighted by atomic mass is 16.4. The van der Waals surface area contributed by atoms with E-state index in [-0.39, 0.29) is 0 Å². The van der Waals surface area contributed by atoms with Gasteiger partial charge in [0, 0.05) is 43.2 Å². The minimum absolute atomic E-state index is 0.523. The summed E-state index contributed by atoms with van der Waals surface area (Å²) in [5.74, 6) is 0.553. The van der Waals surface area contributed by atoms with Crippen molar-refractivity contribution in [3.05, 3.63) is 30.5 Å². The van der Waals surface area contributed by atoms with Gasteiger partial charge in [-0.15, -0.1) is 5.10 Å². The van der Waals surface area contributed by atoms with Gasteiger partial charge in [-0.1, -0.05) is 11.2 Å². The van der Waals surface area contributed by atoms with Gasteiger partial charge in [0.25, 0.3) is 0 Å². The highest BCUT2D eigenvalue weighted by molar-refractivity contribution is 5.81. The first kappa shape index (κ1) is 13.1. The minimum atomic E-state index is 0.523. The molecule has 118 valence electrons. The Morgan fingerprint density at radius 2 is 1.91 bits per heavy atom. The lowest BCUT2D eigenvalue weighted by Crippen LogP contribution is -2.38. The van der Waals surface area contributed by atoms with Gasteiger partial charge in [0.15, 0.2) is 0 Å². The van der Waals surface area contributed by atoms with Crippen LogP contribution >= 0.6 is 0 Å². The number of fused-ring (bicyclic) bond motifs is 5. The van der Waals surface area contributed by atoms with E-state index in [0.717, 1.165) is 29.6 Å². The fraction of sp³-hybridized carbons (Fsp3) is 0.412. The van der Waals surface area contributed by atoms with Crippen molar-refractivity contribution in [1.29, 1.82) is 0 Å². The van der Waals surface area contributed by atoms with Crippen LogP contribution < -0.4 is 4.90 Å². The Morgan fingerprint density at radius 1 is 1.00 bits per heavy atom. The fourth-order valence-electron chi connectivity index (χ4n) is 3.67. The molecule has 2 aromatic heterocycles. The summed E-state index contributed by atoms with van der Waals surface area (Å²) in [4.78, 5) is 4.80. The molecule has 0 amide bonds. The second-order valence-electron chi connectivity index (χ2n) is 6.33. The van der Waals surface area contributed by atoms with Crippen LogP contribution in [0.5, 0.6) is 0 Å². The van der Waals surface area contributed by atoms with Crippen molar-refractivity contribution in [2.45, 2.75) is 18.9 Å². The topological polar surface area (TPSA) is 58.5 Å². The first-order chi connectivity index (χ1) is 11.4. The van der Waals surface area contributed by atoms with Crippen molar-refractivity contribution < 1.29 is 8.83 Å². The second-order valence-corrected chi connectivity index (χ2v) is 6.33. The maximum absolute atomic E-state index is 5.98. The predicted octanol–water partition coefficient (Wildman–Crippen LogP) is 2.77. The SMILES string of the molecule is c1cc2ccc(-c3nnc(N4CCN5CCC4CC5)o3)cc2o1. The summed E-state index contributed by atoms with van der Waals surface area (Å²) in [7, 11) is 0. The number of hydrogen-bond donors (Lipinski definition) is 0. The molecule has 0 aliphatic carbocycles. The predicted molar refractivity (Wildman–Crippen MR) is 86.3 cm³/mol. The van der Waals surface area contributed by atoms with E-state index in [2.05, 4.69) is 20.0 Å². The average Bonchev–Trinajstić information content (AvgIpc) is 3.17. The largest absolute Gasteiger partial charge is 0.464 e. The number of aromatic nitrogens is 2. The van der Waals surface area contributed by atoms with Gasteiger partial charge in [-0.2, -0.15) is 0 Å². The molecule has 23 heavy (non-hydrogen) atoms. The molecule has 3 saturated heterocycles. The molecule has 3 fully saturated rings. The van der Waals surface area contributed by atoms with E-state index >= 15 is 0 Å². The van der Waals surface area contributed by atoms with Crippen LogP contribution in [0.15, 0.2) is 39.4 Å². The van der Waals surface area contributed by atoms with E-state index in [1.54, 1.807) is 6.26 Å². The monoisotopic (exact) mass is 310 g/mol. The zero-order valence-electron chi connectivity index (χ0n) is 12.8. The summed E-state index contributed by atoms with van der Waals surface area (Å²) in [6.07, 6.45) is 4.04. The second kappa shape index (κ2) is 5.09. The molecule has 0 saturated carbocycles. The lowest BCUT2D eigenvalue weighted by Gasteiger charge is -2.29. The lowest BCUT2D eigenvalue weighted by atomic mass is 10.1. The Kier molecular flexibility index (Phi) is 2.91. The zero-order chi connectivity index (χ0) is 15.2. The van der Waals surface area contributed by atoms with Crippen LogP contribution in [0.2, 0.25) is 0 Å². The Hall–Kier alpha value is -2.34. The van der Waals surface area contributed by atoms with Gasteiger partial charge in [0.1, 0.15) is 5.58 Å². The van der Waals surface area contributed by atoms with E-state index in [9.17, 15) is 0 Å². The number of rotatable bonds is 2. The van der Waals surface area contributed by atoms with Crippen LogP contribution in [-0.2, 0) is 0 Å². The molecule has 6 nitrogen and oxygen atoms in total. The van der Waals surface area contributed by atoms with Crippen LogP contribution in [0.25, 0.3) is 22.4 Å². The van der Waals surface area contributed by atoms with Gasteiger partial charge in [-0.3, -0.25) is 0 Å². The van der Waals surface area contributed by atoms with E-state index in [4.69, 9.17) is 8.83 Å². The molecule has 1 aromatic carbocycles. The number of benzene rings is 1. The Bertz CT molecular complexity index is 832. The van der Waals surface area contributed by atoms with Crippen molar-refractivity contribution in [2.75, 3.05) is 31.1 Å². The van der Waals surface area contributed by atoms with Crippen molar-refractivity contribution in [1.82, 2.24) is 15.1 Å². The summed E-state index contributed by atoms with van der Waals surface area (Å²) >= 11 is 0. The maximum Gasteiger partial charge on any atom is 0.318 e. The smallest absolute Gasteiger partial charge is 0.318 e. The van der Waals surface area contributed by atoms with Crippen molar-refractivity contribution in [2.24, 2.45) is 0 Å². The van der Waals surface area contributed by atoms with Gasteiger partial charge in [-0.05, 0) is 31.0 Å². The molecule has 6 heteroatoms. The summed E-state index contributed by atoms with van der Waals surface area (Å²) < 4.78 is 11.4. The zero-order valence-corrected chi connectivity index (χ0v) is 12.8. The van der Waals surface area contributed by atoms with Crippen LogP contribution in [0.1, 0.15) is 12.8 Å². The number of furan rings is 1. The van der Waals surface area contributed by atoms with Crippen LogP contribution in [0, 0.1) is 0 Å². The third kappa shape index (κ3) is 2.21. The van der Waals surface area contributed by atoms with E-state index in [0.29, 0.717) is 17.9 Å². The molecular weight excluding hydrogens is 292 g/mol. The summed E-state index contributed by atoms with van der Waals surface area (Å²) in [5.41, 5.74) is 1.73. The summed E-state index contributed by atoms with van der Waals surface area (Å²) in [6, 6.07) is 9.07. The third-order valence-electron chi connectivity index (χ3n) is 5.02. The average molecular weight is 310 g/mol. The normalized spacial score (nSPS) is 24.3. The number of nitrogens with zero attached hydrogens (tertiary/aromatic N) is 4. The molecule has 0 spiro atoms. The number of hydrogen-bond acceptors (Lipinski definition) is 6. The minimum Gasteiger partial charge on any atom is -0.464 e. The van der Waals surface area contributed by atoms with Crippen LogP contribution in [0.3, 0.4) is 0 Å². The molecule has 0 radical (unpaired) electrons. The highest BCUT2D eigenvalue weighted by Crippen LogP contribution is 2.29. The lowest BCUT2D eigenvalue weighted by molar-refractivity contribution is 0.249. The molecule has 0 atom stereocenters. The Labute approximate surface area is 133 Å². The van der Waals surface area contributed by atoms with Gasteiger partial charge in [-0.25, -0.2) is 0 Å². The maximum atomic E-state index is 5.98. The fourth-order valence-corrected chi connectivity index (χ4v) is 3.67. The van der Waals surface area contributed by atoms with Gasteiger partial charge >= 0.3 is 6.01 Å². The third-order valence-corrected chi connectivity index (χ3v) is 5.02. The quantitative estimate of drug-likeness (QED) is 0.725. The standard InChI is InChI=1S/C17H18N4O2/c1-2-13(11-15-12(1)5-10-22-15)16-18-19-17(23-16)21-9-8-20-6-3-14(21)4-7-20/h1-2,5,10-11,14H,3-4,6-9H2. The van der Waals surface area contributed by atoms with Crippen LogP contribution in [-0.4, -0.2) is 47.3 Å². The molecule has 0 unspecified atom stereocenters. The number of piperidine rings is 1. The first-order valence-electron chi connectivity index (χ1n) is 8.17. The Balaban J connectivity index is 1.47. The van der Waals surface area contributed by atoms with E-state index in [1.807, 2.05) is 24.3 Å². The van der Waals surface area contributed by atoms with E-state index in [1.165, 1.54) is 25.9 Å². The number of anilines is 1. The van der Waals surface area contributed by atoms with Gasteiger partial charge < -0.3 is 18.6 Å². The summed E-state index contributed by atoms with van der Waals surface area (Å²) in [5, 5.41) is 9.63. The van der Waals surface area contributed by atoms with Crippen molar-refractivity contribution in [3.63, 3.8) is 0 Å². The molecule has 5 heterocycles. The highest BCUT2D eigenvalue weighted by Gasteiger charge is 2.31. The molecule has 0 N–H and O–H groups in total.